The number of aryl methyl sites for hydroxylation is 1. The van der Waals surface area contributed by atoms with Gasteiger partial charge < -0.3 is 9.73 Å². The Kier molecular flexibility index (Phi) is 6.10. The fraction of sp³-hybridized carbons (Fsp3) is 0.318. The Bertz CT molecular complexity index is 1100. The molecule has 1 heterocycles. The number of nitrogens with zero attached hydrogens (tertiary/aromatic N) is 1. The quantitative estimate of drug-likeness (QED) is 0.626. The van der Waals surface area contributed by atoms with Crippen molar-refractivity contribution in [2.75, 3.05) is 13.1 Å². The van der Waals surface area contributed by atoms with Gasteiger partial charge in [0.1, 0.15) is 11.3 Å². The van der Waals surface area contributed by atoms with Gasteiger partial charge in [0.25, 0.3) is 5.91 Å². The van der Waals surface area contributed by atoms with Crippen molar-refractivity contribution in [1.82, 2.24) is 9.62 Å². The van der Waals surface area contributed by atoms with E-state index in [2.05, 4.69) is 5.32 Å². The highest BCUT2D eigenvalue weighted by atomic mass is 32.2. The molecule has 1 unspecified atom stereocenters. The predicted molar refractivity (Wildman–Crippen MR) is 113 cm³/mol. The van der Waals surface area contributed by atoms with Crippen molar-refractivity contribution in [2.24, 2.45) is 0 Å². The molecule has 0 aliphatic heterocycles. The van der Waals surface area contributed by atoms with Crippen LogP contribution in [0.2, 0.25) is 0 Å². The molecular weight excluding hydrogens is 388 g/mol. The lowest BCUT2D eigenvalue weighted by Gasteiger charge is -2.19. The molecule has 0 saturated heterocycles. The van der Waals surface area contributed by atoms with Gasteiger partial charge in [-0.25, -0.2) is 8.42 Å². The number of carbonyl (C=O) groups excluding carboxylic acids is 1. The van der Waals surface area contributed by atoms with Gasteiger partial charge in [-0.1, -0.05) is 38.1 Å². The normalized spacial score (nSPS) is 13.0. The number of hydrogen-bond acceptors (Lipinski definition) is 4. The highest BCUT2D eigenvalue weighted by Crippen LogP contribution is 2.25. The molecule has 1 N–H and O–H groups in total. The van der Waals surface area contributed by atoms with Crippen molar-refractivity contribution in [3.63, 3.8) is 0 Å². The number of carbonyl (C=O) groups is 1. The summed E-state index contributed by atoms with van der Waals surface area (Å²) >= 11 is 0. The largest absolute Gasteiger partial charge is 0.459 e. The molecule has 29 heavy (non-hydrogen) atoms. The predicted octanol–water partition coefficient (Wildman–Crippen LogP) is 4.26. The second-order valence-corrected chi connectivity index (χ2v) is 8.89. The van der Waals surface area contributed by atoms with Crippen LogP contribution in [0, 0.1) is 6.92 Å². The molecule has 3 rings (SSSR count). The van der Waals surface area contributed by atoms with Gasteiger partial charge in [-0.3, -0.25) is 4.79 Å². The number of hydrogen-bond donors (Lipinski definition) is 1. The average Bonchev–Trinajstić information content (AvgIpc) is 3.13. The third-order valence-corrected chi connectivity index (χ3v) is 7.06. The summed E-state index contributed by atoms with van der Waals surface area (Å²) in [6, 6.07) is 13.8. The van der Waals surface area contributed by atoms with Crippen LogP contribution in [-0.4, -0.2) is 31.7 Å². The average molecular weight is 415 g/mol. The van der Waals surface area contributed by atoms with Crippen molar-refractivity contribution >= 4 is 26.9 Å². The van der Waals surface area contributed by atoms with Crippen LogP contribution in [0.15, 0.2) is 57.8 Å². The van der Waals surface area contributed by atoms with Crippen LogP contribution in [0.1, 0.15) is 48.5 Å². The third-order valence-electron chi connectivity index (χ3n) is 5.02. The molecule has 0 aliphatic rings. The highest BCUT2D eigenvalue weighted by Gasteiger charge is 2.24. The summed E-state index contributed by atoms with van der Waals surface area (Å²) < 4.78 is 32.8. The summed E-state index contributed by atoms with van der Waals surface area (Å²) in [6.07, 6.45) is 0. The second kappa shape index (κ2) is 8.39. The molecule has 1 amide bonds. The standard InChI is InChI=1S/C22H26N2O4S/c1-5-24(6-2)29(26,27)18-12-11-15(3)19(14-18)22(25)23-16(4)21-13-17-9-7-8-10-20(17)28-21/h7-14,16H,5-6H2,1-4H3,(H,23,25). The fourth-order valence-electron chi connectivity index (χ4n) is 3.28. The molecule has 154 valence electrons. The lowest BCUT2D eigenvalue weighted by Crippen LogP contribution is -2.31. The number of furan rings is 1. The maximum atomic E-state index is 12.9. The lowest BCUT2D eigenvalue weighted by atomic mass is 10.1. The molecule has 0 bridgehead atoms. The Balaban J connectivity index is 1.87. The Morgan fingerprint density at radius 2 is 1.79 bits per heavy atom. The fourth-order valence-corrected chi connectivity index (χ4v) is 4.76. The summed E-state index contributed by atoms with van der Waals surface area (Å²) in [4.78, 5) is 13.0. The van der Waals surface area contributed by atoms with Gasteiger partial charge in [-0.2, -0.15) is 4.31 Å². The molecule has 7 heteroatoms. The number of amides is 1. The Hall–Kier alpha value is -2.64. The lowest BCUT2D eigenvalue weighted by molar-refractivity contribution is 0.0935. The summed E-state index contributed by atoms with van der Waals surface area (Å²) in [7, 11) is -3.64. The van der Waals surface area contributed by atoms with E-state index < -0.39 is 10.0 Å². The van der Waals surface area contributed by atoms with Gasteiger partial charge in [0, 0.05) is 24.0 Å². The van der Waals surface area contributed by atoms with E-state index >= 15 is 0 Å². The minimum atomic E-state index is -3.64. The summed E-state index contributed by atoms with van der Waals surface area (Å²) in [5.41, 5.74) is 1.80. The Morgan fingerprint density at radius 1 is 1.10 bits per heavy atom. The molecule has 1 aromatic heterocycles. The first kappa shape index (κ1) is 21.1. The summed E-state index contributed by atoms with van der Waals surface area (Å²) in [5.74, 6) is 0.302. The molecule has 0 fully saturated rings. The zero-order chi connectivity index (χ0) is 21.2. The van der Waals surface area contributed by atoms with Crippen LogP contribution >= 0.6 is 0 Å². The molecule has 3 aromatic rings. The zero-order valence-electron chi connectivity index (χ0n) is 17.1. The molecule has 0 saturated carbocycles. The molecule has 0 spiro atoms. The third kappa shape index (κ3) is 4.21. The topological polar surface area (TPSA) is 79.6 Å². The minimum Gasteiger partial charge on any atom is -0.459 e. The van der Waals surface area contributed by atoms with E-state index in [0.29, 0.717) is 30.0 Å². The monoisotopic (exact) mass is 414 g/mol. The molecule has 1 atom stereocenters. The molecule has 0 radical (unpaired) electrons. The van der Waals surface area contributed by atoms with Crippen LogP contribution in [0.4, 0.5) is 0 Å². The first-order chi connectivity index (χ1) is 13.8. The van der Waals surface area contributed by atoms with E-state index in [9.17, 15) is 13.2 Å². The van der Waals surface area contributed by atoms with Gasteiger partial charge >= 0.3 is 0 Å². The van der Waals surface area contributed by atoms with Crippen LogP contribution < -0.4 is 5.32 Å². The van der Waals surface area contributed by atoms with Gasteiger partial charge in [-0.05, 0) is 43.7 Å². The van der Waals surface area contributed by atoms with E-state index in [1.807, 2.05) is 37.3 Å². The first-order valence-corrected chi connectivity index (χ1v) is 11.1. The smallest absolute Gasteiger partial charge is 0.252 e. The number of nitrogens with one attached hydrogen (secondary N) is 1. The van der Waals surface area contributed by atoms with Crippen LogP contribution in [-0.2, 0) is 10.0 Å². The van der Waals surface area contributed by atoms with E-state index in [-0.39, 0.29) is 16.8 Å². The van der Waals surface area contributed by atoms with Crippen molar-refractivity contribution < 1.29 is 17.6 Å². The molecule has 0 aliphatic carbocycles. The van der Waals surface area contributed by atoms with E-state index in [4.69, 9.17) is 4.42 Å². The van der Waals surface area contributed by atoms with Crippen LogP contribution in [0.5, 0.6) is 0 Å². The maximum Gasteiger partial charge on any atom is 0.252 e. The number of benzene rings is 2. The van der Waals surface area contributed by atoms with Crippen LogP contribution in [0.25, 0.3) is 11.0 Å². The zero-order valence-corrected chi connectivity index (χ0v) is 17.9. The maximum absolute atomic E-state index is 12.9. The van der Waals surface area contributed by atoms with Gasteiger partial charge in [0.15, 0.2) is 0 Å². The molecule has 6 nitrogen and oxygen atoms in total. The van der Waals surface area contributed by atoms with Crippen molar-refractivity contribution in [3.05, 3.63) is 65.4 Å². The van der Waals surface area contributed by atoms with E-state index in [1.54, 1.807) is 32.9 Å². The van der Waals surface area contributed by atoms with Crippen molar-refractivity contribution in [3.8, 4) is 0 Å². The minimum absolute atomic E-state index is 0.119. The Morgan fingerprint density at radius 3 is 2.45 bits per heavy atom. The SMILES string of the molecule is CCN(CC)S(=O)(=O)c1ccc(C)c(C(=O)NC(C)c2cc3ccccc3o2)c1. The van der Waals surface area contributed by atoms with E-state index in [0.717, 1.165) is 11.0 Å². The van der Waals surface area contributed by atoms with Gasteiger partial charge in [0.05, 0.1) is 10.9 Å². The van der Waals surface area contributed by atoms with Gasteiger partial charge in [0.2, 0.25) is 10.0 Å². The molecule has 2 aromatic carbocycles. The first-order valence-electron chi connectivity index (χ1n) is 9.68. The highest BCUT2D eigenvalue weighted by molar-refractivity contribution is 7.89. The number of sulfonamides is 1. The van der Waals surface area contributed by atoms with Crippen molar-refractivity contribution in [1.29, 1.82) is 0 Å². The van der Waals surface area contributed by atoms with Crippen molar-refractivity contribution in [2.45, 2.75) is 38.6 Å². The number of para-hydroxylation sites is 1. The van der Waals surface area contributed by atoms with Gasteiger partial charge in [-0.15, -0.1) is 0 Å². The summed E-state index contributed by atoms with van der Waals surface area (Å²) in [6.45, 7) is 7.94. The molecular formula is C22H26N2O4S. The van der Waals surface area contributed by atoms with E-state index in [1.165, 1.54) is 10.4 Å². The second-order valence-electron chi connectivity index (χ2n) is 6.95. The van der Waals surface area contributed by atoms with Crippen LogP contribution in [0.3, 0.4) is 0 Å². The summed E-state index contributed by atoms with van der Waals surface area (Å²) in [5, 5.41) is 3.87. The number of rotatable bonds is 7. The number of fused-ring (bicyclic) bond motifs is 1. The Labute approximate surface area is 171 Å².